The molecule has 0 radical (unpaired) electrons. The van der Waals surface area contributed by atoms with Crippen molar-refractivity contribution in [3.8, 4) is 45.4 Å². The number of aryl methyl sites for hydroxylation is 1. The minimum atomic E-state index is 0.624. The fourth-order valence-corrected chi connectivity index (χ4v) is 5.96. The minimum Gasteiger partial charge on any atom is -0.309 e. The molecule has 0 fully saturated rings. The van der Waals surface area contributed by atoms with E-state index in [4.69, 9.17) is 0 Å². The van der Waals surface area contributed by atoms with E-state index < -0.39 is 0 Å². The number of fused-ring (bicyclic) bond motifs is 3. The highest BCUT2D eigenvalue weighted by molar-refractivity contribution is 6.10. The summed E-state index contributed by atoms with van der Waals surface area (Å²) in [6.45, 7) is 4.24. The standard InChI is InChI=1S/C37H26N4/c1-24-20-31(25(2)32(21-24)37-39-18-9-19-40-37)27-10-3-4-11-28(27)33-22-26(23-38)16-17-36(33)41-34-14-7-5-12-29(34)30-13-6-8-15-35(30)41/h3-22H,1-2H3. The van der Waals surface area contributed by atoms with Crippen molar-refractivity contribution in [2.75, 3.05) is 0 Å². The van der Waals surface area contributed by atoms with Crippen molar-refractivity contribution in [3.05, 3.63) is 138 Å². The van der Waals surface area contributed by atoms with E-state index in [2.05, 4.69) is 125 Å². The molecule has 0 spiro atoms. The third kappa shape index (κ3) is 4.07. The van der Waals surface area contributed by atoms with E-state index in [0.29, 0.717) is 11.4 Å². The van der Waals surface area contributed by atoms with Gasteiger partial charge in [0.2, 0.25) is 0 Å². The summed E-state index contributed by atoms with van der Waals surface area (Å²) in [6.07, 6.45) is 3.56. The van der Waals surface area contributed by atoms with Gasteiger partial charge in [0.1, 0.15) is 0 Å². The van der Waals surface area contributed by atoms with Crippen LogP contribution in [0.2, 0.25) is 0 Å². The second kappa shape index (κ2) is 9.89. The molecule has 0 saturated carbocycles. The van der Waals surface area contributed by atoms with E-state index in [0.717, 1.165) is 55.7 Å². The Morgan fingerprint density at radius 2 is 1.17 bits per heavy atom. The first-order chi connectivity index (χ1) is 20.1. The lowest BCUT2D eigenvalue weighted by molar-refractivity contribution is 1.16. The maximum absolute atomic E-state index is 9.93. The molecule has 194 valence electrons. The molecule has 4 heteroatoms. The predicted molar refractivity (Wildman–Crippen MR) is 167 cm³/mol. The molecule has 0 bridgehead atoms. The van der Waals surface area contributed by atoms with Gasteiger partial charge in [-0.2, -0.15) is 5.26 Å². The Bertz CT molecular complexity index is 2080. The van der Waals surface area contributed by atoms with Gasteiger partial charge in [-0.1, -0.05) is 66.7 Å². The summed E-state index contributed by atoms with van der Waals surface area (Å²) >= 11 is 0. The number of aromatic nitrogens is 3. The minimum absolute atomic E-state index is 0.624. The first-order valence-electron chi connectivity index (χ1n) is 13.6. The normalized spacial score (nSPS) is 11.1. The van der Waals surface area contributed by atoms with Crippen LogP contribution in [-0.2, 0) is 0 Å². The van der Waals surface area contributed by atoms with E-state index in [9.17, 15) is 5.26 Å². The number of nitrogens with zero attached hydrogens (tertiary/aromatic N) is 4. The molecule has 0 amide bonds. The fourth-order valence-electron chi connectivity index (χ4n) is 5.96. The first-order valence-corrected chi connectivity index (χ1v) is 13.6. The third-order valence-corrected chi connectivity index (χ3v) is 7.81. The molecule has 0 aliphatic heterocycles. The van der Waals surface area contributed by atoms with Crippen molar-refractivity contribution in [2.45, 2.75) is 13.8 Å². The number of hydrogen-bond acceptors (Lipinski definition) is 3. The van der Waals surface area contributed by atoms with Crippen molar-refractivity contribution < 1.29 is 0 Å². The molecule has 0 saturated heterocycles. The summed E-state index contributed by atoms with van der Waals surface area (Å²) in [6, 6.07) is 40.1. The second-order valence-corrected chi connectivity index (χ2v) is 10.3. The van der Waals surface area contributed by atoms with Crippen molar-refractivity contribution in [1.29, 1.82) is 5.26 Å². The molecular weight excluding hydrogens is 500 g/mol. The van der Waals surface area contributed by atoms with E-state index >= 15 is 0 Å². The smallest absolute Gasteiger partial charge is 0.159 e. The van der Waals surface area contributed by atoms with Crippen LogP contribution >= 0.6 is 0 Å². The highest BCUT2D eigenvalue weighted by Gasteiger charge is 2.20. The molecule has 5 aromatic carbocycles. The van der Waals surface area contributed by atoms with Crippen molar-refractivity contribution in [1.82, 2.24) is 14.5 Å². The van der Waals surface area contributed by atoms with Gasteiger partial charge in [0.25, 0.3) is 0 Å². The summed E-state index contributed by atoms with van der Waals surface area (Å²) in [4.78, 5) is 9.09. The molecule has 0 unspecified atom stereocenters. The van der Waals surface area contributed by atoms with Gasteiger partial charge in [-0.3, -0.25) is 0 Å². The van der Waals surface area contributed by atoms with Gasteiger partial charge >= 0.3 is 0 Å². The lowest BCUT2D eigenvalue weighted by atomic mass is 9.88. The van der Waals surface area contributed by atoms with Crippen molar-refractivity contribution in [3.63, 3.8) is 0 Å². The lowest BCUT2D eigenvalue weighted by Gasteiger charge is -2.19. The lowest BCUT2D eigenvalue weighted by Crippen LogP contribution is -2.00. The molecule has 0 atom stereocenters. The van der Waals surface area contributed by atoms with Gasteiger partial charge in [-0.25, -0.2) is 9.97 Å². The zero-order valence-electron chi connectivity index (χ0n) is 22.8. The highest BCUT2D eigenvalue weighted by Crippen LogP contribution is 2.42. The van der Waals surface area contributed by atoms with Gasteiger partial charge in [-0.15, -0.1) is 0 Å². The Hall–Kier alpha value is -5.53. The van der Waals surface area contributed by atoms with Gasteiger partial charge in [0.05, 0.1) is 28.4 Å². The summed E-state index contributed by atoms with van der Waals surface area (Å²) in [5.41, 5.74) is 11.5. The topological polar surface area (TPSA) is 54.5 Å². The molecule has 2 aromatic heterocycles. The molecule has 7 aromatic rings. The number of para-hydroxylation sites is 2. The Kier molecular flexibility index (Phi) is 5.91. The maximum Gasteiger partial charge on any atom is 0.159 e. The number of nitriles is 1. The number of hydrogen-bond donors (Lipinski definition) is 0. The van der Waals surface area contributed by atoms with Gasteiger partial charge in [0.15, 0.2) is 5.82 Å². The van der Waals surface area contributed by atoms with Crippen LogP contribution in [0.25, 0.3) is 61.1 Å². The molecule has 0 N–H and O–H groups in total. The molecule has 0 aliphatic carbocycles. The van der Waals surface area contributed by atoms with Crippen LogP contribution in [0.1, 0.15) is 16.7 Å². The highest BCUT2D eigenvalue weighted by atomic mass is 15.0. The van der Waals surface area contributed by atoms with Crippen LogP contribution in [0, 0.1) is 25.2 Å². The quantitative estimate of drug-likeness (QED) is 0.230. The van der Waals surface area contributed by atoms with Gasteiger partial charge in [-0.05, 0) is 84.1 Å². The molecular formula is C37H26N4. The van der Waals surface area contributed by atoms with Crippen LogP contribution in [-0.4, -0.2) is 14.5 Å². The zero-order valence-corrected chi connectivity index (χ0v) is 22.8. The van der Waals surface area contributed by atoms with Crippen molar-refractivity contribution >= 4 is 21.8 Å². The second-order valence-electron chi connectivity index (χ2n) is 10.3. The summed E-state index contributed by atoms with van der Waals surface area (Å²) in [5, 5.41) is 12.3. The molecule has 0 aliphatic rings. The Labute approximate surface area is 238 Å². The van der Waals surface area contributed by atoms with Crippen LogP contribution in [0.3, 0.4) is 0 Å². The van der Waals surface area contributed by atoms with Gasteiger partial charge in [0, 0.05) is 34.3 Å². The van der Waals surface area contributed by atoms with Crippen LogP contribution in [0.4, 0.5) is 0 Å². The number of rotatable bonds is 4. The first kappa shape index (κ1) is 24.5. The third-order valence-electron chi connectivity index (χ3n) is 7.81. The summed E-state index contributed by atoms with van der Waals surface area (Å²) in [7, 11) is 0. The summed E-state index contributed by atoms with van der Waals surface area (Å²) in [5.74, 6) is 0.713. The van der Waals surface area contributed by atoms with E-state index in [1.165, 1.54) is 10.8 Å². The average Bonchev–Trinajstić information content (AvgIpc) is 3.36. The Morgan fingerprint density at radius 1 is 0.585 bits per heavy atom. The molecule has 4 nitrogen and oxygen atoms in total. The van der Waals surface area contributed by atoms with Crippen LogP contribution < -0.4 is 0 Å². The van der Waals surface area contributed by atoms with Crippen LogP contribution in [0.5, 0.6) is 0 Å². The van der Waals surface area contributed by atoms with E-state index in [1.807, 2.05) is 18.2 Å². The van der Waals surface area contributed by atoms with Crippen molar-refractivity contribution in [2.24, 2.45) is 0 Å². The monoisotopic (exact) mass is 526 g/mol. The molecule has 7 rings (SSSR count). The van der Waals surface area contributed by atoms with E-state index in [1.54, 1.807) is 12.4 Å². The SMILES string of the molecule is Cc1cc(-c2ncccn2)c(C)c(-c2ccccc2-c2cc(C#N)ccc2-n2c3ccccc3c3ccccc32)c1. The van der Waals surface area contributed by atoms with E-state index in [-0.39, 0.29) is 0 Å². The van der Waals surface area contributed by atoms with Gasteiger partial charge < -0.3 is 4.57 Å². The molecule has 41 heavy (non-hydrogen) atoms. The van der Waals surface area contributed by atoms with Crippen LogP contribution in [0.15, 0.2) is 122 Å². The zero-order chi connectivity index (χ0) is 27.9. The molecule has 2 heterocycles. The Balaban J connectivity index is 1.53. The average molecular weight is 527 g/mol. The maximum atomic E-state index is 9.93. The predicted octanol–water partition coefficient (Wildman–Crippen LogP) is 9.06. The number of benzene rings is 5. The largest absolute Gasteiger partial charge is 0.309 e. The fraction of sp³-hybridized carbons (Fsp3) is 0.0541. The Morgan fingerprint density at radius 3 is 1.83 bits per heavy atom. The summed E-state index contributed by atoms with van der Waals surface area (Å²) < 4.78 is 2.32.